The van der Waals surface area contributed by atoms with Gasteiger partial charge in [0.05, 0.1) is 17.4 Å². The molecule has 4 rings (SSSR count). The normalized spacial score (nSPS) is 19.3. The van der Waals surface area contributed by atoms with Gasteiger partial charge in [-0.1, -0.05) is 15.9 Å². The first-order valence-corrected chi connectivity index (χ1v) is 12.9. The molecule has 1 atom stereocenters. The van der Waals surface area contributed by atoms with E-state index in [9.17, 15) is 13.2 Å². The van der Waals surface area contributed by atoms with Crippen molar-refractivity contribution in [3.05, 3.63) is 52.0 Å². The maximum atomic E-state index is 13.3. The van der Waals surface area contributed by atoms with Gasteiger partial charge in [-0.25, -0.2) is 8.42 Å². The number of rotatable bonds is 5. The number of carbonyl (C=O) groups excluding carboxylic acids is 1. The summed E-state index contributed by atoms with van der Waals surface area (Å²) in [5.74, 6) is 0.373. The van der Waals surface area contributed by atoms with Gasteiger partial charge in [0.1, 0.15) is 5.75 Å². The minimum absolute atomic E-state index is 0.0175. The molecule has 1 fully saturated rings. The second kappa shape index (κ2) is 8.92. The van der Waals surface area contributed by atoms with E-state index in [0.29, 0.717) is 38.3 Å². The van der Waals surface area contributed by atoms with Crippen LogP contribution in [0.15, 0.2) is 45.8 Å². The molecule has 0 N–H and O–H groups in total. The summed E-state index contributed by atoms with van der Waals surface area (Å²) < 4.78 is 34.6. The summed E-state index contributed by atoms with van der Waals surface area (Å²) >= 11 is 3.48. The van der Waals surface area contributed by atoms with Gasteiger partial charge in [-0.2, -0.15) is 4.31 Å². The zero-order chi connectivity index (χ0) is 22.2. The molecular formula is C23H27BrN2O4S. The quantitative estimate of drug-likeness (QED) is 0.610. The summed E-state index contributed by atoms with van der Waals surface area (Å²) in [6, 6.07) is 10.9. The third kappa shape index (κ3) is 4.38. The highest BCUT2D eigenvalue weighted by molar-refractivity contribution is 9.10. The number of fused-ring (bicyclic) bond motifs is 1. The van der Waals surface area contributed by atoms with Gasteiger partial charge in [0.2, 0.25) is 15.9 Å². The van der Waals surface area contributed by atoms with Crippen LogP contribution in [0.3, 0.4) is 0 Å². The third-order valence-electron chi connectivity index (χ3n) is 6.02. The molecule has 166 valence electrons. The topological polar surface area (TPSA) is 66.9 Å². The number of amides is 1. The van der Waals surface area contributed by atoms with Crippen molar-refractivity contribution in [2.24, 2.45) is 5.92 Å². The lowest BCUT2D eigenvalue weighted by Gasteiger charge is -2.33. The molecule has 1 saturated heterocycles. The number of halogens is 1. The number of sulfonamides is 1. The van der Waals surface area contributed by atoms with E-state index >= 15 is 0 Å². The molecule has 2 aromatic rings. The highest BCUT2D eigenvalue weighted by Crippen LogP contribution is 2.34. The molecule has 0 unspecified atom stereocenters. The molecule has 2 aliphatic heterocycles. The lowest BCUT2D eigenvalue weighted by atomic mass is 9.98. The molecule has 2 heterocycles. The van der Waals surface area contributed by atoms with Gasteiger partial charge in [-0.05, 0) is 80.6 Å². The summed E-state index contributed by atoms with van der Waals surface area (Å²) in [6.07, 6.45) is 2.20. The average Bonchev–Trinajstić information content (AvgIpc) is 3.17. The van der Waals surface area contributed by atoms with E-state index in [1.165, 1.54) is 4.31 Å². The van der Waals surface area contributed by atoms with Crippen LogP contribution in [0.5, 0.6) is 5.75 Å². The second-order valence-electron chi connectivity index (χ2n) is 8.08. The van der Waals surface area contributed by atoms with Gasteiger partial charge in [0, 0.05) is 29.8 Å². The standard InChI is InChI=1S/C23H27BrN2O4S/c1-3-30-22-9-7-20(13-16(22)2)31(28,29)25-11-4-5-18(15-25)23(27)26-12-10-17-14-19(24)6-8-21(17)26/h6-9,13-14,18H,3-5,10-12,15H2,1-2H3/t18-/m0/s1. The molecule has 31 heavy (non-hydrogen) atoms. The van der Waals surface area contributed by atoms with Crippen molar-refractivity contribution in [2.75, 3.05) is 31.1 Å². The first kappa shape index (κ1) is 22.3. The first-order valence-electron chi connectivity index (χ1n) is 10.6. The second-order valence-corrected chi connectivity index (χ2v) is 10.9. The number of piperidine rings is 1. The lowest BCUT2D eigenvalue weighted by Crippen LogP contribution is -2.46. The van der Waals surface area contributed by atoms with Crippen molar-refractivity contribution < 1.29 is 17.9 Å². The summed E-state index contributed by atoms with van der Waals surface area (Å²) in [6.45, 7) is 5.56. The molecule has 0 aromatic heterocycles. The summed E-state index contributed by atoms with van der Waals surface area (Å²) in [7, 11) is -3.67. The van der Waals surface area contributed by atoms with Crippen molar-refractivity contribution in [1.29, 1.82) is 0 Å². The zero-order valence-corrected chi connectivity index (χ0v) is 20.2. The number of hydrogen-bond acceptors (Lipinski definition) is 4. The van der Waals surface area contributed by atoms with Crippen molar-refractivity contribution in [3.63, 3.8) is 0 Å². The molecule has 8 heteroatoms. The molecule has 2 aromatic carbocycles. The number of nitrogens with zero attached hydrogens (tertiary/aromatic N) is 2. The summed E-state index contributed by atoms with van der Waals surface area (Å²) in [5, 5.41) is 0. The number of ether oxygens (including phenoxy) is 1. The van der Waals surface area contributed by atoms with Crippen molar-refractivity contribution in [3.8, 4) is 5.75 Å². The molecule has 0 saturated carbocycles. The van der Waals surface area contributed by atoms with Gasteiger partial charge in [0.25, 0.3) is 0 Å². The SMILES string of the molecule is CCOc1ccc(S(=O)(=O)N2CCC[C@H](C(=O)N3CCc4cc(Br)ccc43)C2)cc1C. The molecule has 0 radical (unpaired) electrons. The Balaban J connectivity index is 1.52. The van der Waals surface area contributed by atoms with Crippen LogP contribution >= 0.6 is 15.9 Å². The number of anilines is 1. The van der Waals surface area contributed by atoms with E-state index in [2.05, 4.69) is 22.0 Å². The Morgan fingerprint density at radius 1 is 1.19 bits per heavy atom. The average molecular weight is 507 g/mol. The van der Waals surface area contributed by atoms with Crippen molar-refractivity contribution in [2.45, 2.75) is 38.0 Å². The Bertz CT molecular complexity index is 1100. The Morgan fingerprint density at radius 3 is 2.74 bits per heavy atom. The fraction of sp³-hybridized carbons (Fsp3) is 0.435. The van der Waals surface area contributed by atoms with Crippen LogP contribution in [-0.4, -0.2) is 44.9 Å². The van der Waals surface area contributed by atoms with E-state index < -0.39 is 10.0 Å². The predicted octanol–water partition coefficient (Wildman–Crippen LogP) is 4.15. The van der Waals surface area contributed by atoms with Crippen LogP contribution in [0.2, 0.25) is 0 Å². The summed E-state index contributed by atoms with van der Waals surface area (Å²) in [5.41, 5.74) is 2.87. The number of benzene rings is 2. The number of hydrogen-bond donors (Lipinski definition) is 0. The van der Waals surface area contributed by atoms with E-state index in [4.69, 9.17) is 4.74 Å². The monoisotopic (exact) mass is 506 g/mol. The van der Waals surface area contributed by atoms with E-state index in [0.717, 1.165) is 27.7 Å². The molecule has 6 nitrogen and oxygen atoms in total. The van der Waals surface area contributed by atoms with Crippen LogP contribution in [0.4, 0.5) is 5.69 Å². The molecule has 2 aliphatic rings. The Morgan fingerprint density at radius 2 is 2.00 bits per heavy atom. The van der Waals surface area contributed by atoms with Crippen LogP contribution in [0.25, 0.3) is 0 Å². The molecular weight excluding hydrogens is 480 g/mol. The van der Waals surface area contributed by atoms with E-state index in [1.807, 2.05) is 30.9 Å². The van der Waals surface area contributed by atoms with Crippen LogP contribution in [0.1, 0.15) is 30.9 Å². The summed E-state index contributed by atoms with van der Waals surface area (Å²) in [4.78, 5) is 15.4. The van der Waals surface area contributed by atoms with Crippen LogP contribution in [0, 0.1) is 12.8 Å². The fourth-order valence-electron chi connectivity index (χ4n) is 4.43. The van der Waals surface area contributed by atoms with E-state index in [1.54, 1.807) is 18.2 Å². The number of aryl methyl sites for hydroxylation is 1. The maximum Gasteiger partial charge on any atom is 0.243 e. The molecule has 0 spiro atoms. The van der Waals surface area contributed by atoms with Crippen LogP contribution < -0.4 is 9.64 Å². The van der Waals surface area contributed by atoms with Gasteiger partial charge >= 0.3 is 0 Å². The van der Waals surface area contributed by atoms with Crippen LogP contribution in [-0.2, 0) is 21.2 Å². The van der Waals surface area contributed by atoms with Gasteiger partial charge in [-0.15, -0.1) is 0 Å². The first-order chi connectivity index (χ1) is 14.8. The van der Waals surface area contributed by atoms with Gasteiger partial charge in [-0.3, -0.25) is 4.79 Å². The van der Waals surface area contributed by atoms with Crippen molar-refractivity contribution >= 4 is 37.5 Å². The molecule has 0 aliphatic carbocycles. The Kier molecular flexibility index (Phi) is 6.42. The van der Waals surface area contributed by atoms with Gasteiger partial charge in [0.15, 0.2) is 0 Å². The molecule has 0 bridgehead atoms. The number of carbonyl (C=O) groups is 1. The van der Waals surface area contributed by atoms with Crippen molar-refractivity contribution in [1.82, 2.24) is 4.31 Å². The third-order valence-corrected chi connectivity index (χ3v) is 8.37. The highest BCUT2D eigenvalue weighted by atomic mass is 79.9. The fourth-order valence-corrected chi connectivity index (χ4v) is 6.45. The maximum absolute atomic E-state index is 13.3. The Labute approximate surface area is 192 Å². The smallest absolute Gasteiger partial charge is 0.243 e. The largest absolute Gasteiger partial charge is 0.494 e. The predicted molar refractivity (Wildman–Crippen MR) is 124 cm³/mol. The van der Waals surface area contributed by atoms with Gasteiger partial charge < -0.3 is 9.64 Å². The minimum Gasteiger partial charge on any atom is -0.494 e. The highest BCUT2D eigenvalue weighted by Gasteiger charge is 2.37. The van der Waals surface area contributed by atoms with E-state index in [-0.39, 0.29) is 23.3 Å². The zero-order valence-electron chi connectivity index (χ0n) is 17.8. The lowest BCUT2D eigenvalue weighted by molar-refractivity contribution is -0.123. The molecule has 1 amide bonds. The minimum atomic E-state index is -3.67. The Hall–Kier alpha value is -1.90.